The monoisotopic (exact) mass is 333 g/mol. The molecule has 3 rings (SSSR count). The lowest BCUT2D eigenvalue weighted by atomic mass is 10.1. The number of nitrogens with one attached hydrogen (secondary N) is 1. The highest BCUT2D eigenvalue weighted by atomic mass is 35.5. The van der Waals surface area contributed by atoms with Gasteiger partial charge in [0.05, 0.1) is 23.1 Å². The Hall–Kier alpha value is -2.47. The van der Waals surface area contributed by atoms with Crippen molar-refractivity contribution in [2.45, 2.75) is 13.8 Å². The van der Waals surface area contributed by atoms with E-state index in [0.29, 0.717) is 17.3 Å². The first-order chi connectivity index (χ1) is 11.0. The Bertz CT molecular complexity index is 937. The predicted molar refractivity (Wildman–Crippen MR) is 85.7 cm³/mol. The third-order valence-corrected chi connectivity index (χ3v) is 4.08. The summed E-state index contributed by atoms with van der Waals surface area (Å²) in [4.78, 5) is 23.0. The van der Waals surface area contributed by atoms with Crippen molar-refractivity contribution in [3.05, 3.63) is 39.9 Å². The minimum atomic E-state index is -0.670. The van der Waals surface area contributed by atoms with Crippen LogP contribution in [0.1, 0.15) is 21.7 Å². The van der Waals surface area contributed by atoms with Gasteiger partial charge in [0.25, 0.3) is 0 Å². The number of carbonyl (C=O) groups excluding carboxylic acids is 1. The topological polar surface area (TPSA) is 67.9 Å². The largest absolute Gasteiger partial charge is 0.492 e. The summed E-state index contributed by atoms with van der Waals surface area (Å²) in [7, 11) is 1.33. The Morgan fingerprint density at radius 3 is 2.70 bits per heavy atom. The third-order valence-electron chi connectivity index (χ3n) is 3.79. The molecule has 0 aliphatic carbocycles. The van der Waals surface area contributed by atoms with E-state index in [0.717, 1.165) is 11.3 Å². The van der Waals surface area contributed by atoms with Gasteiger partial charge in [0.2, 0.25) is 0 Å². The van der Waals surface area contributed by atoms with Crippen LogP contribution >= 0.6 is 11.6 Å². The molecule has 7 heteroatoms. The number of aromatic amines is 1. The zero-order valence-electron chi connectivity index (χ0n) is 12.7. The minimum absolute atomic E-state index is 0.0839. The van der Waals surface area contributed by atoms with Gasteiger partial charge in [0, 0.05) is 5.69 Å². The second-order valence-corrected chi connectivity index (χ2v) is 5.50. The number of hydrogen-bond donors (Lipinski definition) is 1. The summed E-state index contributed by atoms with van der Waals surface area (Å²) >= 11 is 5.90. The summed E-state index contributed by atoms with van der Waals surface area (Å²) in [6.07, 6.45) is 0.638. The molecular weight excluding hydrogens is 321 g/mol. The number of fused-ring (bicyclic) bond motifs is 1. The zero-order valence-corrected chi connectivity index (χ0v) is 13.5. The molecule has 0 fully saturated rings. The van der Waals surface area contributed by atoms with E-state index in [9.17, 15) is 9.18 Å². The van der Waals surface area contributed by atoms with Crippen molar-refractivity contribution < 1.29 is 13.9 Å². The molecule has 0 saturated heterocycles. The summed E-state index contributed by atoms with van der Waals surface area (Å²) in [6.45, 7) is 3.74. The van der Waals surface area contributed by atoms with Crippen molar-refractivity contribution in [3.8, 4) is 17.1 Å². The van der Waals surface area contributed by atoms with Crippen LogP contribution in [0.15, 0.2) is 12.1 Å². The highest BCUT2D eigenvalue weighted by molar-refractivity contribution is 6.32. The fourth-order valence-electron chi connectivity index (χ4n) is 2.50. The molecule has 1 aromatic carbocycles. The summed E-state index contributed by atoms with van der Waals surface area (Å²) in [5.41, 5.74) is 2.58. The van der Waals surface area contributed by atoms with Gasteiger partial charge in [-0.1, -0.05) is 11.6 Å². The number of benzene rings is 1. The summed E-state index contributed by atoms with van der Waals surface area (Å²) in [5.74, 6) is -0.663. The molecule has 0 spiro atoms. The minimum Gasteiger partial charge on any atom is -0.492 e. The van der Waals surface area contributed by atoms with Gasteiger partial charge >= 0.3 is 0 Å². The van der Waals surface area contributed by atoms with Gasteiger partial charge in [0.1, 0.15) is 11.3 Å². The van der Waals surface area contributed by atoms with Gasteiger partial charge in [-0.25, -0.2) is 14.4 Å². The van der Waals surface area contributed by atoms with Crippen LogP contribution in [0.4, 0.5) is 4.39 Å². The van der Waals surface area contributed by atoms with Crippen LogP contribution in [-0.2, 0) is 0 Å². The number of rotatable bonds is 3. The first-order valence-corrected chi connectivity index (χ1v) is 7.20. The van der Waals surface area contributed by atoms with Gasteiger partial charge in [-0.2, -0.15) is 0 Å². The van der Waals surface area contributed by atoms with Gasteiger partial charge in [-0.05, 0) is 31.5 Å². The molecule has 0 aliphatic rings. The fraction of sp³-hybridized carbons (Fsp3) is 0.188. The maximum atomic E-state index is 14.6. The van der Waals surface area contributed by atoms with Gasteiger partial charge < -0.3 is 9.72 Å². The second kappa shape index (κ2) is 5.62. The number of aryl methyl sites for hydroxylation is 2. The fourth-order valence-corrected chi connectivity index (χ4v) is 2.72. The summed E-state index contributed by atoms with van der Waals surface area (Å²) in [6, 6.07) is 2.96. The van der Waals surface area contributed by atoms with Crippen LogP contribution in [0.3, 0.4) is 0 Å². The first kappa shape index (κ1) is 15.4. The molecule has 0 bridgehead atoms. The van der Waals surface area contributed by atoms with E-state index in [1.807, 2.05) is 13.8 Å². The normalized spacial score (nSPS) is 11.0. The lowest BCUT2D eigenvalue weighted by molar-refractivity contribution is 0.112. The molecular formula is C16H13ClFN3O2. The van der Waals surface area contributed by atoms with E-state index >= 15 is 0 Å². The zero-order chi connectivity index (χ0) is 16.7. The van der Waals surface area contributed by atoms with Crippen molar-refractivity contribution in [3.63, 3.8) is 0 Å². The lowest BCUT2D eigenvalue weighted by Crippen LogP contribution is -2.00. The highest BCUT2D eigenvalue weighted by Gasteiger charge is 2.19. The Balaban J connectivity index is 2.32. The number of hydrogen-bond acceptors (Lipinski definition) is 4. The number of aldehydes is 1. The van der Waals surface area contributed by atoms with Crippen LogP contribution in [0.5, 0.6) is 5.75 Å². The van der Waals surface area contributed by atoms with Crippen molar-refractivity contribution in [2.75, 3.05) is 7.11 Å². The van der Waals surface area contributed by atoms with E-state index in [1.165, 1.54) is 19.2 Å². The lowest BCUT2D eigenvalue weighted by Gasteiger charge is -2.09. The predicted octanol–water partition coefficient (Wildman–Crippen LogP) is 3.86. The number of aromatic nitrogens is 3. The molecule has 1 N–H and O–H groups in total. The van der Waals surface area contributed by atoms with E-state index in [1.54, 1.807) is 0 Å². The maximum Gasteiger partial charge on any atom is 0.177 e. The molecule has 5 nitrogen and oxygen atoms in total. The maximum absolute atomic E-state index is 14.6. The number of H-pyrrole nitrogens is 1. The summed E-state index contributed by atoms with van der Waals surface area (Å²) in [5, 5.41) is 0.791. The van der Waals surface area contributed by atoms with Crippen LogP contribution in [-0.4, -0.2) is 28.3 Å². The van der Waals surface area contributed by atoms with Crippen LogP contribution in [0, 0.1) is 19.7 Å². The van der Waals surface area contributed by atoms with Crippen molar-refractivity contribution >= 4 is 28.9 Å². The molecule has 0 amide bonds. The second-order valence-electron chi connectivity index (χ2n) is 5.09. The molecule has 0 saturated carbocycles. The van der Waals surface area contributed by atoms with Crippen LogP contribution in [0.25, 0.3) is 22.4 Å². The molecule has 2 aromatic heterocycles. The third kappa shape index (κ3) is 2.35. The summed E-state index contributed by atoms with van der Waals surface area (Å²) < 4.78 is 19.5. The van der Waals surface area contributed by atoms with E-state index < -0.39 is 5.82 Å². The van der Waals surface area contributed by atoms with E-state index in [2.05, 4.69) is 15.0 Å². The molecule has 0 unspecified atom stereocenters. The quantitative estimate of drug-likeness (QED) is 0.739. The van der Waals surface area contributed by atoms with Gasteiger partial charge in [-0.15, -0.1) is 0 Å². The highest BCUT2D eigenvalue weighted by Crippen LogP contribution is 2.34. The molecule has 0 radical (unpaired) electrons. The van der Waals surface area contributed by atoms with Crippen molar-refractivity contribution in [1.82, 2.24) is 15.0 Å². The molecule has 118 valence electrons. The Labute approximate surface area is 136 Å². The Morgan fingerprint density at radius 1 is 1.30 bits per heavy atom. The Kier molecular flexibility index (Phi) is 3.77. The SMILES string of the molecule is COc1c(Cl)ccc(-c2nc(C=O)c3c(C)c(C)[nH]c3n2)c1F. The molecule has 3 aromatic rings. The molecule has 2 heterocycles. The number of methoxy groups -OCH3 is 1. The van der Waals surface area contributed by atoms with Crippen LogP contribution < -0.4 is 4.74 Å². The van der Waals surface area contributed by atoms with Gasteiger partial charge in [0.15, 0.2) is 23.7 Å². The van der Waals surface area contributed by atoms with Crippen LogP contribution in [0.2, 0.25) is 5.02 Å². The first-order valence-electron chi connectivity index (χ1n) is 6.82. The molecule has 0 atom stereocenters. The average molecular weight is 334 g/mol. The number of ether oxygens (including phenoxy) is 1. The van der Waals surface area contributed by atoms with Crippen molar-refractivity contribution in [1.29, 1.82) is 0 Å². The van der Waals surface area contributed by atoms with Crippen molar-refractivity contribution in [2.24, 2.45) is 0 Å². The Morgan fingerprint density at radius 2 is 2.04 bits per heavy atom. The van der Waals surface area contributed by atoms with Gasteiger partial charge in [-0.3, -0.25) is 4.79 Å². The number of halogens is 2. The number of nitrogens with zero attached hydrogens (tertiary/aromatic N) is 2. The standard InChI is InChI=1S/C16H13ClFN3O2/c1-7-8(2)19-16-12(7)11(6-22)20-15(21-16)9-4-5-10(17)14(23-3)13(9)18/h4-6H,1-3H3,(H,19,20,21). The average Bonchev–Trinajstić information content (AvgIpc) is 2.82. The number of carbonyl (C=O) groups is 1. The van der Waals surface area contributed by atoms with E-state index in [-0.39, 0.29) is 27.9 Å². The molecule has 23 heavy (non-hydrogen) atoms. The van der Waals surface area contributed by atoms with E-state index in [4.69, 9.17) is 16.3 Å². The smallest absolute Gasteiger partial charge is 0.177 e. The molecule has 0 aliphatic heterocycles.